The predicted octanol–water partition coefficient (Wildman–Crippen LogP) is 3.48. The van der Waals surface area contributed by atoms with Gasteiger partial charge < -0.3 is 9.47 Å². The van der Waals surface area contributed by atoms with Crippen LogP contribution in [-0.4, -0.2) is 23.2 Å². The Morgan fingerprint density at radius 2 is 2.00 bits per heavy atom. The summed E-state index contributed by atoms with van der Waals surface area (Å²) in [5.74, 6) is -0.234. The highest BCUT2D eigenvalue weighted by Gasteiger charge is 2.15. The maximum Gasteiger partial charge on any atom is 0.308 e. The zero-order valence-electron chi connectivity index (χ0n) is 12.8. The van der Waals surface area contributed by atoms with Crippen LogP contribution in [0.25, 0.3) is 10.9 Å². The molecular weight excluding hydrogens is 266 g/mol. The standard InChI is InChI=1S/C17H21NO3/c1-17(2,3)21-16(19)9-11-20-12-13-6-4-8-15-14(13)7-5-10-18-15/h4-8,10H,9,11-12H2,1-3H3. The number of pyridine rings is 1. The lowest BCUT2D eigenvalue weighted by atomic mass is 10.1. The van der Waals surface area contributed by atoms with E-state index < -0.39 is 5.60 Å². The van der Waals surface area contributed by atoms with Crippen LogP contribution in [0.15, 0.2) is 36.5 Å². The zero-order chi connectivity index (χ0) is 15.3. The van der Waals surface area contributed by atoms with Crippen molar-refractivity contribution in [1.82, 2.24) is 4.98 Å². The average Bonchev–Trinajstić information content (AvgIpc) is 2.42. The minimum absolute atomic E-state index is 0.234. The Morgan fingerprint density at radius 1 is 1.19 bits per heavy atom. The number of carbonyl (C=O) groups is 1. The van der Waals surface area contributed by atoms with Gasteiger partial charge in [0.15, 0.2) is 0 Å². The molecule has 21 heavy (non-hydrogen) atoms. The number of hydrogen-bond acceptors (Lipinski definition) is 4. The molecule has 0 fully saturated rings. The molecule has 2 rings (SSSR count). The third-order valence-corrected chi connectivity index (χ3v) is 2.86. The summed E-state index contributed by atoms with van der Waals surface area (Å²) in [5, 5.41) is 1.08. The normalized spacial score (nSPS) is 11.6. The van der Waals surface area contributed by atoms with E-state index in [1.807, 2.05) is 51.1 Å². The molecule has 0 radical (unpaired) electrons. The zero-order valence-corrected chi connectivity index (χ0v) is 12.8. The molecule has 4 nitrogen and oxygen atoms in total. The van der Waals surface area contributed by atoms with Crippen molar-refractivity contribution in [3.63, 3.8) is 0 Å². The number of esters is 1. The molecule has 1 aromatic carbocycles. The number of hydrogen-bond donors (Lipinski definition) is 0. The Balaban J connectivity index is 1.84. The molecule has 0 aliphatic rings. The molecule has 1 aromatic heterocycles. The summed E-state index contributed by atoms with van der Waals surface area (Å²) in [6.45, 7) is 6.38. The molecule has 0 spiro atoms. The molecular formula is C17H21NO3. The van der Waals surface area contributed by atoms with Crippen LogP contribution in [-0.2, 0) is 20.9 Å². The first-order valence-corrected chi connectivity index (χ1v) is 7.08. The van der Waals surface area contributed by atoms with E-state index in [4.69, 9.17) is 9.47 Å². The number of aromatic nitrogens is 1. The molecule has 0 unspecified atom stereocenters. The summed E-state index contributed by atoms with van der Waals surface area (Å²) in [5.41, 5.74) is 1.58. The number of benzene rings is 1. The van der Waals surface area contributed by atoms with Crippen molar-refractivity contribution < 1.29 is 14.3 Å². The summed E-state index contributed by atoms with van der Waals surface area (Å²) in [4.78, 5) is 15.9. The second-order valence-corrected chi connectivity index (χ2v) is 5.88. The van der Waals surface area contributed by atoms with Crippen molar-refractivity contribution in [3.05, 3.63) is 42.1 Å². The fraction of sp³-hybridized carbons (Fsp3) is 0.412. The Bertz CT molecular complexity index is 611. The third kappa shape index (κ3) is 4.83. The van der Waals surface area contributed by atoms with Crippen LogP contribution in [0.2, 0.25) is 0 Å². The van der Waals surface area contributed by atoms with E-state index in [9.17, 15) is 4.79 Å². The van der Waals surface area contributed by atoms with Gasteiger partial charge in [0.25, 0.3) is 0 Å². The lowest BCUT2D eigenvalue weighted by Gasteiger charge is -2.19. The second-order valence-electron chi connectivity index (χ2n) is 5.88. The van der Waals surface area contributed by atoms with Crippen LogP contribution in [0.1, 0.15) is 32.8 Å². The molecule has 0 atom stereocenters. The van der Waals surface area contributed by atoms with Gasteiger partial charge >= 0.3 is 5.97 Å². The highest BCUT2D eigenvalue weighted by molar-refractivity contribution is 5.81. The van der Waals surface area contributed by atoms with E-state index in [2.05, 4.69) is 4.98 Å². The van der Waals surface area contributed by atoms with Gasteiger partial charge in [0, 0.05) is 11.6 Å². The van der Waals surface area contributed by atoms with Gasteiger partial charge in [-0.2, -0.15) is 0 Å². The number of carbonyl (C=O) groups excluding carboxylic acids is 1. The average molecular weight is 287 g/mol. The van der Waals surface area contributed by atoms with E-state index in [0.717, 1.165) is 16.5 Å². The first-order valence-electron chi connectivity index (χ1n) is 7.08. The molecule has 2 aromatic rings. The smallest absolute Gasteiger partial charge is 0.308 e. The van der Waals surface area contributed by atoms with Crippen molar-refractivity contribution in [2.24, 2.45) is 0 Å². The largest absolute Gasteiger partial charge is 0.460 e. The molecule has 0 amide bonds. The Hall–Kier alpha value is -1.94. The molecule has 0 saturated heterocycles. The Kier molecular flexibility index (Phi) is 4.91. The van der Waals surface area contributed by atoms with Gasteiger partial charge in [0.1, 0.15) is 5.60 Å². The van der Waals surface area contributed by atoms with Gasteiger partial charge in [0.2, 0.25) is 0 Å². The van der Waals surface area contributed by atoms with E-state index in [1.165, 1.54) is 0 Å². The molecule has 0 N–H and O–H groups in total. The molecule has 112 valence electrons. The summed E-state index contributed by atoms with van der Waals surface area (Å²) >= 11 is 0. The molecule has 0 bridgehead atoms. The summed E-state index contributed by atoms with van der Waals surface area (Å²) in [6, 6.07) is 9.88. The minimum atomic E-state index is -0.446. The molecule has 0 aliphatic carbocycles. The van der Waals surface area contributed by atoms with Gasteiger partial charge in [-0.25, -0.2) is 0 Å². The topological polar surface area (TPSA) is 48.4 Å². The lowest BCUT2D eigenvalue weighted by Crippen LogP contribution is -2.24. The predicted molar refractivity (Wildman–Crippen MR) is 81.9 cm³/mol. The van der Waals surface area contributed by atoms with Crippen molar-refractivity contribution in [1.29, 1.82) is 0 Å². The van der Waals surface area contributed by atoms with Crippen molar-refractivity contribution in [3.8, 4) is 0 Å². The van der Waals surface area contributed by atoms with Gasteiger partial charge in [-0.1, -0.05) is 18.2 Å². The minimum Gasteiger partial charge on any atom is -0.460 e. The van der Waals surface area contributed by atoms with Crippen LogP contribution < -0.4 is 0 Å². The number of rotatable bonds is 5. The van der Waals surface area contributed by atoms with Crippen molar-refractivity contribution >= 4 is 16.9 Å². The lowest BCUT2D eigenvalue weighted by molar-refractivity contribution is -0.156. The molecule has 0 aliphatic heterocycles. The maximum absolute atomic E-state index is 11.6. The molecule has 0 saturated carbocycles. The number of ether oxygens (including phenoxy) is 2. The van der Waals surface area contributed by atoms with Crippen molar-refractivity contribution in [2.45, 2.75) is 39.4 Å². The SMILES string of the molecule is CC(C)(C)OC(=O)CCOCc1cccc2ncccc12. The number of fused-ring (bicyclic) bond motifs is 1. The van der Waals surface area contributed by atoms with E-state index in [1.54, 1.807) is 6.20 Å². The summed E-state index contributed by atoms with van der Waals surface area (Å²) < 4.78 is 10.8. The number of nitrogens with zero attached hydrogens (tertiary/aromatic N) is 1. The summed E-state index contributed by atoms with van der Waals surface area (Å²) in [7, 11) is 0. The van der Waals surface area contributed by atoms with Crippen LogP contribution in [0.4, 0.5) is 0 Å². The van der Waals surface area contributed by atoms with E-state index in [-0.39, 0.29) is 12.4 Å². The van der Waals surface area contributed by atoms with E-state index in [0.29, 0.717) is 13.2 Å². The highest BCUT2D eigenvalue weighted by atomic mass is 16.6. The molecule has 4 heteroatoms. The fourth-order valence-electron chi connectivity index (χ4n) is 2.02. The quantitative estimate of drug-likeness (QED) is 0.624. The van der Waals surface area contributed by atoms with E-state index >= 15 is 0 Å². The third-order valence-electron chi connectivity index (χ3n) is 2.86. The maximum atomic E-state index is 11.6. The van der Waals surface area contributed by atoms with Gasteiger partial charge in [-0.15, -0.1) is 0 Å². The van der Waals surface area contributed by atoms with Crippen LogP contribution in [0.3, 0.4) is 0 Å². The highest BCUT2D eigenvalue weighted by Crippen LogP contribution is 2.17. The monoisotopic (exact) mass is 287 g/mol. The molecule has 1 heterocycles. The first kappa shape index (κ1) is 15.4. The van der Waals surface area contributed by atoms with Gasteiger partial charge in [0.05, 0.1) is 25.2 Å². The van der Waals surface area contributed by atoms with Gasteiger partial charge in [-0.05, 0) is 38.5 Å². The fourth-order valence-corrected chi connectivity index (χ4v) is 2.02. The Morgan fingerprint density at radius 3 is 2.76 bits per heavy atom. The van der Waals surface area contributed by atoms with Gasteiger partial charge in [-0.3, -0.25) is 9.78 Å². The second kappa shape index (κ2) is 6.68. The van der Waals surface area contributed by atoms with Crippen molar-refractivity contribution in [2.75, 3.05) is 6.61 Å². The Labute approximate surface area is 125 Å². The summed E-state index contributed by atoms with van der Waals surface area (Å²) in [6.07, 6.45) is 2.04. The van der Waals surface area contributed by atoms with Crippen LogP contribution in [0, 0.1) is 0 Å². The van der Waals surface area contributed by atoms with Crippen LogP contribution in [0.5, 0.6) is 0 Å². The first-order chi connectivity index (χ1) is 9.96. The van der Waals surface area contributed by atoms with Crippen LogP contribution >= 0.6 is 0 Å².